The van der Waals surface area contributed by atoms with Crippen molar-refractivity contribution in [2.45, 2.75) is 31.7 Å². The van der Waals surface area contributed by atoms with Gasteiger partial charge >= 0.3 is 5.97 Å². The maximum atomic E-state index is 12.4. The van der Waals surface area contributed by atoms with Gasteiger partial charge < -0.3 is 10.4 Å². The monoisotopic (exact) mass is 348 g/mol. The summed E-state index contributed by atoms with van der Waals surface area (Å²) in [5.41, 5.74) is 1.38. The van der Waals surface area contributed by atoms with Crippen LogP contribution in [0.25, 0.3) is 0 Å². The predicted octanol–water partition coefficient (Wildman–Crippen LogP) is 1.62. The van der Waals surface area contributed by atoms with Gasteiger partial charge in [0, 0.05) is 0 Å². The number of nitrogens with one attached hydrogen (secondary N) is 1. The lowest BCUT2D eigenvalue weighted by molar-refractivity contribution is -0.150. The predicted molar refractivity (Wildman–Crippen MR) is 92.2 cm³/mol. The average molecular weight is 348 g/mol. The molecular weight excluding hydrogens is 328 g/mol. The maximum Gasteiger partial charge on any atom is 0.352 e. The Balaban J connectivity index is 2.08. The Morgan fingerprint density at radius 2 is 1.88 bits per heavy atom. The van der Waals surface area contributed by atoms with Crippen LogP contribution in [0.1, 0.15) is 19.4 Å². The molecule has 0 unspecified atom stereocenters. The van der Waals surface area contributed by atoms with Crippen molar-refractivity contribution in [3.63, 3.8) is 0 Å². The number of allylic oxidation sites excluding steroid dienone is 1. The van der Waals surface area contributed by atoms with Crippen molar-refractivity contribution in [1.82, 2.24) is 10.2 Å². The van der Waals surface area contributed by atoms with Crippen LogP contribution in [-0.4, -0.2) is 45.5 Å². The number of carbonyl (C=O) groups excluding carboxylic acids is 2. The van der Waals surface area contributed by atoms with Gasteiger partial charge in [-0.3, -0.25) is 14.5 Å². The van der Waals surface area contributed by atoms with Crippen LogP contribution < -0.4 is 5.32 Å². The van der Waals surface area contributed by atoms with E-state index >= 15 is 0 Å². The van der Waals surface area contributed by atoms with Crippen molar-refractivity contribution in [3.05, 3.63) is 47.2 Å². The first-order valence-corrected chi connectivity index (χ1v) is 8.75. The molecule has 1 aliphatic heterocycles. The summed E-state index contributed by atoms with van der Waals surface area (Å²) < 4.78 is 0. The lowest BCUT2D eigenvalue weighted by Crippen LogP contribution is -2.69. The van der Waals surface area contributed by atoms with Crippen LogP contribution in [0, 0.1) is 0 Å². The summed E-state index contributed by atoms with van der Waals surface area (Å²) in [4.78, 5) is 37.2. The fourth-order valence-corrected chi connectivity index (χ4v) is 3.52. The third-order valence-electron chi connectivity index (χ3n) is 3.73. The highest BCUT2D eigenvalue weighted by Crippen LogP contribution is 2.33. The second-order valence-electron chi connectivity index (χ2n) is 5.70. The van der Waals surface area contributed by atoms with E-state index in [1.54, 1.807) is 20.1 Å². The summed E-state index contributed by atoms with van der Waals surface area (Å²) in [6.45, 7) is 3.30. The minimum atomic E-state index is -1.14. The van der Waals surface area contributed by atoms with Gasteiger partial charge in [-0.1, -0.05) is 30.3 Å². The summed E-state index contributed by atoms with van der Waals surface area (Å²) in [6.07, 6.45) is 1.96. The highest BCUT2D eigenvalue weighted by Gasteiger charge is 2.51. The van der Waals surface area contributed by atoms with Crippen molar-refractivity contribution in [1.29, 1.82) is 0 Å². The van der Waals surface area contributed by atoms with E-state index < -0.39 is 23.3 Å². The van der Waals surface area contributed by atoms with E-state index in [9.17, 15) is 19.5 Å². The van der Waals surface area contributed by atoms with Crippen LogP contribution in [0.5, 0.6) is 0 Å². The Morgan fingerprint density at radius 3 is 2.38 bits per heavy atom. The van der Waals surface area contributed by atoms with Crippen molar-refractivity contribution in [2.75, 3.05) is 6.26 Å². The number of aliphatic carboxylic acids is 1. The number of nitrogens with zero attached hydrogens (tertiary/aromatic N) is 1. The number of benzene rings is 1. The Bertz CT molecular complexity index is 683. The molecule has 24 heavy (non-hydrogen) atoms. The van der Waals surface area contributed by atoms with Crippen molar-refractivity contribution in [3.8, 4) is 0 Å². The first kappa shape index (κ1) is 18.1. The SMILES string of the molecule is CS[C@@H]1[C@H](NC(=O)Cc2ccccc2)C(=O)N1C(C(=O)O)=C(C)C. The number of carboxylic acid groups (broad SMARTS) is 1. The number of likely N-dealkylation sites (tertiary alicyclic amines) is 1. The first-order valence-electron chi connectivity index (χ1n) is 7.46. The number of carbonyl (C=O) groups is 3. The molecule has 1 fully saturated rings. The highest BCUT2D eigenvalue weighted by molar-refractivity contribution is 7.99. The minimum Gasteiger partial charge on any atom is -0.477 e. The van der Waals surface area contributed by atoms with Gasteiger partial charge in [-0.15, -0.1) is 11.8 Å². The van der Waals surface area contributed by atoms with Crippen molar-refractivity contribution < 1.29 is 19.5 Å². The average Bonchev–Trinajstić information content (AvgIpc) is 2.53. The molecule has 6 nitrogen and oxygen atoms in total. The van der Waals surface area contributed by atoms with E-state index in [0.717, 1.165) is 5.56 Å². The van der Waals surface area contributed by atoms with Crippen LogP contribution in [0.15, 0.2) is 41.6 Å². The number of rotatable bonds is 6. The molecule has 1 aliphatic rings. The molecule has 0 aromatic heterocycles. The molecule has 1 heterocycles. The second kappa shape index (κ2) is 7.53. The Morgan fingerprint density at radius 1 is 1.25 bits per heavy atom. The normalized spacial score (nSPS) is 19.5. The second-order valence-corrected chi connectivity index (χ2v) is 6.65. The zero-order valence-electron chi connectivity index (χ0n) is 13.8. The summed E-state index contributed by atoms with van der Waals surface area (Å²) in [5, 5.41) is 11.6. The van der Waals surface area contributed by atoms with Gasteiger partial charge in [-0.05, 0) is 31.2 Å². The minimum absolute atomic E-state index is 0.0205. The number of thioether (sulfide) groups is 1. The van der Waals surface area contributed by atoms with Gasteiger partial charge in [-0.25, -0.2) is 4.79 Å². The van der Waals surface area contributed by atoms with E-state index in [4.69, 9.17) is 0 Å². The molecule has 1 saturated heterocycles. The largest absolute Gasteiger partial charge is 0.477 e. The molecule has 2 N–H and O–H groups in total. The van der Waals surface area contributed by atoms with Crippen molar-refractivity contribution >= 4 is 29.5 Å². The molecule has 0 spiro atoms. The summed E-state index contributed by atoms with van der Waals surface area (Å²) >= 11 is 1.34. The highest BCUT2D eigenvalue weighted by atomic mass is 32.2. The number of hydrogen-bond acceptors (Lipinski definition) is 4. The molecule has 0 radical (unpaired) electrons. The first-order chi connectivity index (χ1) is 11.4. The molecule has 1 aromatic carbocycles. The van der Waals surface area contributed by atoms with Crippen LogP contribution >= 0.6 is 11.8 Å². The van der Waals surface area contributed by atoms with Gasteiger partial charge in [0.15, 0.2) is 0 Å². The maximum absolute atomic E-state index is 12.4. The summed E-state index contributed by atoms with van der Waals surface area (Å²) in [7, 11) is 0. The van der Waals surface area contributed by atoms with Gasteiger partial charge in [0.1, 0.15) is 17.1 Å². The molecule has 2 amide bonds. The molecule has 2 atom stereocenters. The lowest BCUT2D eigenvalue weighted by Gasteiger charge is -2.46. The third-order valence-corrected chi connectivity index (χ3v) is 4.69. The van der Waals surface area contributed by atoms with E-state index in [-0.39, 0.29) is 18.0 Å². The lowest BCUT2D eigenvalue weighted by atomic mass is 10.0. The van der Waals surface area contributed by atoms with E-state index in [2.05, 4.69) is 5.32 Å². The number of hydrogen-bond donors (Lipinski definition) is 2. The van der Waals surface area contributed by atoms with E-state index in [1.807, 2.05) is 30.3 Å². The van der Waals surface area contributed by atoms with E-state index in [1.165, 1.54) is 16.7 Å². The fourth-order valence-electron chi connectivity index (χ4n) is 2.64. The summed E-state index contributed by atoms with van der Waals surface area (Å²) in [6, 6.07) is 8.53. The van der Waals surface area contributed by atoms with Gasteiger partial charge in [0.2, 0.25) is 5.91 Å². The molecule has 2 rings (SSSR count). The van der Waals surface area contributed by atoms with Crippen LogP contribution in [-0.2, 0) is 20.8 Å². The Labute approximate surface area is 144 Å². The standard InChI is InChI=1S/C17H20N2O4S/c1-10(2)14(17(22)23)19-15(21)13(16(19)24-3)18-12(20)9-11-7-5-4-6-8-11/h4-8,13,16H,9H2,1-3H3,(H,18,20)(H,22,23)/t13-,16-/m1/s1. The topological polar surface area (TPSA) is 86.7 Å². The smallest absolute Gasteiger partial charge is 0.352 e. The van der Waals surface area contributed by atoms with E-state index in [0.29, 0.717) is 5.57 Å². The molecular formula is C17H20N2O4S. The molecule has 7 heteroatoms. The molecule has 0 aliphatic carbocycles. The van der Waals surface area contributed by atoms with Crippen LogP contribution in [0.3, 0.4) is 0 Å². The summed E-state index contributed by atoms with van der Waals surface area (Å²) in [5.74, 6) is -1.79. The Hall–Kier alpha value is -2.28. The van der Waals surface area contributed by atoms with Crippen LogP contribution in [0.2, 0.25) is 0 Å². The quantitative estimate of drug-likeness (QED) is 0.603. The van der Waals surface area contributed by atoms with Crippen LogP contribution in [0.4, 0.5) is 0 Å². The number of amides is 2. The van der Waals surface area contributed by atoms with Gasteiger partial charge in [-0.2, -0.15) is 0 Å². The fraction of sp³-hybridized carbons (Fsp3) is 0.353. The number of carboxylic acids is 1. The molecule has 1 aromatic rings. The van der Waals surface area contributed by atoms with Gasteiger partial charge in [0.25, 0.3) is 5.91 Å². The zero-order valence-corrected chi connectivity index (χ0v) is 14.6. The molecule has 0 saturated carbocycles. The molecule has 128 valence electrons. The van der Waals surface area contributed by atoms with Gasteiger partial charge in [0.05, 0.1) is 6.42 Å². The Kier molecular flexibility index (Phi) is 5.66. The number of β-lactam (4-membered cyclic amide) rings is 1. The van der Waals surface area contributed by atoms with Crippen molar-refractivity contribution in [2.24, 2.45) is 0 Å². The third kappa shape index (κ3) is 3.62. The zero-order chi connectivity index (χ0) is 17.9. The molecule has 0 bridgehead atoms.